The van der Waals surface area contributed by atoms with Crippen LogP contribution in [0.2, 0.25) is 0 Å². The number of hydrogen-bond donors (Lipinski definition) is 1. The molecule has 1 aliphatic heterocycles. The second kappa shape index (κ2) is 9.68. The van der Waals surface area contributed by atoms with Crippen molar-refractivity contribution in [2.75, 3.05) is 44.3 Å². The first kappa shape index (κ1) is 24.1. The predicted molar refractivity (Wildman–Crippen MR) is 135 cm³/mol. The van der Waals surface area contributed by atoms with E-state index in [0.29, 0.717) is 61.6 Å². The van der Waals surface area contributed by atoms with Crippen LogP contribution in [0.1, 0.15) is 12.6 Å². The van der Waals surface area contributed by atoms with Gasteiger partial charge in [0.05, 0.1) is 28.3 Å². The molecule has 0 saturated carbocycles. The molecular weight excluding hydrogens is 559 g/mol. The Balaban J connectivity index is 1.85. The molecule has 10 nitrogen and oxygen atoms in total. The van der Waals surface area contributed by atoms with Gasteiger partial charge < -0.3 is 14.6 Å². The number of aryl methyl sites for hydroxylation is 2. The van der Waals surface area contributed by atoms with Crippen LogP contribution >= 0.6 is 22.6 Å². The first-order valence-electron chi connectivity index (χ1n) is 10.7. The fourth-order valence-corrected chi connectivity index (χ4v) is 5.92. The van der Waals surface area contributed by atoms with E-state index in [9.17, 15) is 13.2 Å². The minimum Gasteiger partial charge on any atom is -0.493 e. The van der Waals surface area contributed by atoms with Gasteiger partial charge in [-0.1, -0.05) is 22.6 Å². The number of halogens is 1. The molecule has 0 amide bonds. The Hall–Kier alpha value is -2.03. The number of alkyl halides is 1. The molecule has 1 N–H and O–H groups in total. The minimum absolute atomic E-state index is 0.145. The van der Waals surface area contributed by atoms with Crippen LogP contribution in [-0.4, -0.2) is 81.6 Å². The number of fused-ring (bicyclic) bond motifs is 1. The number of nitrogens with zero attached hydrogens (tertiary/aromatic N) is 5. The number of sulfonamides is 1. The van der Waals surface area contributed by atoms with Crippen molar-refractivity contribution >= 4 is 43.6 Å². The van der Waals surface area contributed by atoms with E-state index in [0.717, 1.165) is 10.1 Å². The topological polar surface area (TPSA) is 113 Å². The molecule has 0 aliphatic carbocycles. The van der Waals surface area contributed by atoms with Crippen LogP contribution in [0.3, 0.4) is 0 Å². The number of aromatic nitrogens is 4. The largest absolute Gasteiger partial charge is 0.493 e. The molecule has 33 heavy (non-hydrogen) atoms. The van der Waals surface area contributed by atoms with Crippen molar-refractivity contribution < 1.29 is 13.2 Å². The highest BCUT2D eigenvalue weighted by Gasteiger charge is 2.29. The van der Waals surface area contributed by atoms with Gasteiger partial charge >= 0.3 is 0 Å². The highest BCUT2D eigenvalue weighted by molar-refractivity contribution is 14.1. The summed E-state index contributed by atoms with van der Waals surface area (Å²) >= 11 is 2.26. The number of ether oxygens (including phenoxy) is 1. The van der Waals surface area contributed by atoms with Crippen molar-refractivity contribution in [2.45, 2.75) is 18.2 Å². The van der Waals surface area contributed by atoms with E-state index < -0.39 is 15.6 Å². The van der Waals surface area contributed by atoms with E-state index >= 15 is 0 Å². The summed E-state index contributed by atoms with van der Waals surface area (Å²) in [6.45, 7) is 4.44. The maximum absolute atomic E-state index is 13.3. The van der Waals surface area contributed by atoms with Gasteiger partial charge in [0.25, 0.3) is 5.56 Å². The Kier molecular flexibility index (Phi) is 7.07. The summed E-state index contributed by atoms with van der Waals surface area (Å²) < 4.78 is 36.3. The molecule has 3 aromatic rings. The summed E-state index contributed by atoms with van der Waals surface area (Å²) in [5.41, 5.74) is 1.76. The lowest BCUT2D eigenvalue weighted by atomic mass is 10.1. The summed E-state index contributed by atoms with van der Waals surface area (Å²) in [6, 6.07) is 4.71. The number of H-pyrrole nitrogens is 1. The van der Waals surface area contributed by atoms with Gasteiger partial charge in [0.15, 0.2) is 5.52 Å². The average molecular weight is 586 g/mol. The Morgan fingerprint density at radius 1 is 1.18 bits per heavy atom. The highest BCUT2D eigenvalue weighted by atomic mass is 127. The number of piperazine rings is 1. The van der Waals surface area contributed by atoms with Gasteiger partial charge in [-0.3, -0.25) is 9.48 Å². The van der Waals surface area contributed by atoms with Crippen LogP contribution in [-0.2, 0) is 23.5 Å². The maximum atomic E-state index is 13.3. The van der Waals surface area contributed by atoms with E-state index in [1.54, 1.807) is 19.2 Å². The zero-order chi connectivity index (χ0) is 23.8. The van der Waals surface area contributed by atoms with E-state index in [1.807, 2.05) is 14.0 Å². The molecule has 0 radical (unpaired) electrons. The van der Waals surface area contributed by atoms with Crippen LogP contribution in [0.25, 0.3) is 22.4 Å². The second-order valence-electron chi connectivity index (χ2n) is 7.92. The molecule has 0 bridgehead atoms. The number of nitrogens with one attached hydrogen (secondary N) is 1. The number of likely N-dealkylation sites (N-methyl/N-ethyl adjacent to an activating group) is 1. The molecular formula is C21H27IN6O4S. The zero-order valence-electron chi connectivity index (χ0n) is 18.8. The summed E-state index contributed by atoms with van der Waals surface area (Å²) in [5.74, 6) is 0.714. The number of benzene rings is 1. The first-order chi connectivity index (χ1) is 15.8. The maximum Gasteiger partial charge on any atom is 0.299 e. The van der Waals surface area contributed by atoms with Gasteiger partial charge in [-0.25, -0.2) is 8.42 Å². The van der Waals surface area contributed by atoms with Gasteiger partial charge in [-0.05, 0) is 32.2 Å². The lowest BCUT2D eigenvalue weighted by Crippen LogP contribution is -2.47. The molecule has 2 aromatic heterocycles. The smallest absolute Gasteiger partial charge is 0.299 e. The van der Waals surface area contributed by atoms with Crippen molar-refractivity contribution in [1.82, 2.24) is 29.0 Å². The molecule has 178 valence electrons. The Labute approximate surface area is 206 Å². The fraction of sp³-hybridized carbons (Fsp3) is 0.476. The summed E-state index contributed by atoms with van der Waals surface area (Å²) in [6.07, 6.45) is 0.688. The van der Waals surface area contributed by atoms with Gasteiger partial charge in [0.2, 0.25) is 10.0 Å². The fourth-order valence-electron chi connectivity index (χ4n) is 3.96. The summed E-state index contributed by atoms with van der Waals surface area (Å²) in [7, 11) is -0.0122. The van der Waals surface area contributed by atoms with Gasteiger partial charge in [0, 0.05) is 44.1 Å². The third-order valence-electron chi connectivity index (χ3n) is 5.72. The molecule has 0 atom stereocenters. The van der Waals surface area contributed by atoms with Crippen LogP contribution in [0.5, 0.6) is 5.75 Å². The third kappa shape index (κ3) is 4.66. The quantitative estimate of drug-likeness (QED) is 0.331. The Morgan fingerprint density at radius 2 is 1.91 bits per heavy atom. The van der Waals surface area contributed by atoms with Crippen LogP contribution < -0.4 is 10.3 Å². The normalized spacial score (nSPS) is 15.9. The van der Waals surface area contributed by atoms with Crippen LogP contribution in [0.4, 0.5) is 0 Å². The standard InChI is InChI=1S/C21H27IN6O4S/c1-4-32-17-6-5-14(33(30,31)28-11-9-26(2)10-12-28)13-15(17)20-23-18-16(7-8-22)25-27(3)19(18)21(29)24-20/h5-6,13H,4,7-12H2,1-3H3,(H,23,24,29). The molecule has 1 saturated heterocycles. The van der Waals surface area contributed by atoms with Gasteiger partial charge in [-0.2, -0.15) is 14.4 Å². The molecule has 12 heteroatoms. The monoisotopic (exact) mass is 586 g/mol. The number of rotatable bonds is 7. The van der Waals surface area contributed by atoms with Crippen molar-refractivity contribution in [2.24, 2.45) is 7.05 Å². The zero-order valence-corrected chi connectivity index (χ0v) is 21.8. The van der Waals surface area contributed by atoms with Crippen molar-refractivity contribution in [3.8, 4) is 17.1 Å². The Bertz CT molecular complexity index is 1330. The first-order valence-corrected chi connectivity index (χ1v) is 13.7. The van der Waals surface area contributed by atoms with Gasteiger partial charge in [-0.15, -0.1) is 0 Å². The Morgan fingerprint density at radius 3 is 2.58 bits per heavy atom. The van der Waals surface area contributed by atoms with Gasteiger partial charge in [0.1, 0.15) is 11.6 Å². The van der Waals surface area contributed by atoms with E-state index in [4.69, 9.17) is 4.74 Å². The minimum atomic E-state index is -3.70. The van der Waals surface area contributed by atoms with Crippen molar-refractivity contribution in [1.29, 1.82) is 0 Å². The lowest BCUT2D eigenvalue weighted by molar-refractivity contribution is 0.222. The molecule has 1 fully saturated rings. The molecule has 1 aliphatic rings. The highest BCUT2D eigenvalue weighted by Crippen LogP contribution is 2.32. The van der Waals surface area contributed by atoms with E-state index in [1.165, 1.54) is 15.1 Å². The summed E-state index contributed by atoms with van der Waals surface area (Å²) in [4.78, 5) is 22.6. The number of hydrogen-bond acceptors (Lipinski definition) is 7. The molecule has 1 aromatic carbocycles. The second-order valence-corrected chi connectivity index (χ2v) is 10.9. The molecule has 0 unspecified atom stereocenters. The van der Waals surface area contributed by atoms with E-state index in [-0.39, 0.29) is 10.7 Å². The molecule has 4 rings (SSSR count). The van der Waals surface area contributed by atoms with Crippen LogP contribution in [0, 0.1) is 0 Å². The molecule has 3 heterocycles. The van der Waals surface area contributed by atoms with Crippen molar-refractivity contribution in [3.63, 3.8) is 0 Å². The lowest BCUT2D eigenvalue weighted by Gasteiger charge is -2.31. The third-order valence-corrected chi connectivity index (χ3v) is 8.15. The summed E-state index contributed by atoms with van der Waals surface area (Å²) in [5, 5.41) is 4.46. The van der Waals surface area contributed by atoms with Crippen molar-refractivity contribution in [3.05, 3.63) is 34.2 Å². The molecule has 0 spiro atoms. The predicted octanol–water partition coefficient (Wildman–Crippen LogP) is 1.64. The number of aromatic amines is 1. The van der Waals surface area contributed by atoms with E-state index in [2.05, 4.69) is 42.6 Å². The average Bonchev–Trinajstić information content (AvgIpc) is 3.10. The SMILES string of the molecule is CCOc1ccc(S(=O)(=O)N2CCN(C)CC2)cc1-c1nc(=O)c2c([nH]1)c(CCI)nn2C. The van der Waals surface area contributed by atoms with Crippen LogP contribution in [0.15, 0.2) is 27.9 Å².